The first-order valence-electron chi connectivity index (χ1n) is 5.38. The lowest BCUT2D eigenvalue weighted by atomic mass is 10.2. The maximum Gasteiger partial charge on any atom is 0.145 e. The number of para-hydroxylation sites is 1. The lowest BCUT2D eigenvalue weighted by molar-refractivity contribution is 0.263. The van der Waals surface area contributed by atoms with Crippen LogP contribution in [0.5, 0.6) is 5.75 Å². The average molecular weight is 216 g/mol. The number of hydrogen-bond donors (Lipinski definition) is 0. The van der Waals surface area contributed by atoms with Gasteiger partial charge >= 0.3 is 0 Å². The van der Waals surface area contributed by atoms with E-state index in [-0.39, 0.29) is 0 Å². The molecule has 0 aliphatic rings. The lowest BCUT2D eigenvalue weighted by Crippen LogP contribution is -2.19. The summed E-state index contributed by atoms with van der Waals surface area (Å²) in [6.45, 7) is 1.59. The Kier molecular flexibility index (Phi) is 3.37. The Bertz CT molecular complexity index is 463. The Balaban J connectivity index is 2.17. The normalized spacial score (nSPS) is 10.9. The van der Waals surface area contributed by atoms with Gasteiger partial charge in [-0.25, -0.2) is 0 Å². The Hall–Kier alpha value is -1.61. The Morgan fingerprint density at radius 3 is 2.81 bits per heavy atom. The van der Waals surface area contributed by atoms with E-state index in [1.54, 1.807) is 6.20 Å². The molecule has 0 radical (unpaired) electrons. The standard InChI is InChI=1S/C13H16N2O/c1-15(2)9-10-16-12-7-3-5-11-6-4-8-14-13(11)12/h3-8H,9-10H2,1-2H3. The predicted molar refractivity (Wildman–Crippen MR) is 65.8 cm³/mol. The molecule has 2 aromatic rings. The molecule has 0 aliphatic carbocycles. The molecule has 3 nitrogen and oxygen atoms in total. The number of aromatic nitrogens is 1. The molecule has 0 aliphatic heterocycles. The predicted octanol–water partition coefficient (Wildman–Crippen LogP) is 2.18. The maximum atomic E-state index is 5.73. The molecule has 0 fully saturated rings. The number of rotatable bonds is 4. The number of nitrogens with zero attached hydrogens (tertiary/aromatic N) is 2. The van der Waals surface area contributed by atoms with Crippen molar-refractivity contribution in [1.82, 2.24) is 9.88 Å². The van der Waals surface area contributed by atoms with Crippen LogP contribution in [0.2, 0.25) is 0 Å². The van der Waals surface area contributed by atoms with E-state index in [1.165, 1.54) is 0 Å². The van der Waals surface area contributed by atoms with E-state index < -0.39 is 0 Å². The molecule has 2 rings (SSSR count). The van der Waals surface area contributed by atoms with Crippen molar-refractivity contribution < 1.29 is 4.74 Å². The Morgan fingerprint density at radius 1 is 1.19 bits per heavy atom. The smallest absolute Gasteiger partial charge is 0.145 e. The zero-order valence-electron chi connectivity index (χ0n) is 9.68. The van der Waals surface area contributed by atoms with Crippen LogP contribution in [0.15, 0.2) is 36.5 Å². The lowest BCUT2D eigenvalue weighted by Gasteiger charge is -2.11. The third-order valence-corrected chi connectivity index (χ3v) is 2.39. The maximum absolute atomic E-state index is 5.73. The SMILES string of the molecule is CN(C)CCOc1cccc2cccnc12. The quantitative estimate of drug-likeness (QED) is 0.783. The van der Waals surface area contributed by atoms with Gasteiger partial charge in [0.05, 0.1) is 0 Å². The molecule has 16 heavy (non-hydrogen) atoms. The highest BCUT2D eigenvalue weighted by atomic mass is 16.5. The average Bonchev–Trinajstić information content (AvgIpc) is 2.29. The minimum atomic E-state index is 0.683. The minimum absolute atomic E-state index is 0.683. The van der Waals surface area contributed by atoms with Crippen LogP contribution in [0, 0.1) is 0 Å². The van der Waals surface area contributed by atoms with Crippen LogP contribution in [0.25, 0.3) is 10.9 Å². The molecular formula is C13H16N2O. The summed E-state index contributed by atoms with van der Waals surface area (Å²) in [6, 6.07) is 9.98. The van der Waals surface area contributed by atoms with E-state index in [2.05, 4.69) is 9.88 Å². The second kappa shape index (κ2) is 4.94. The van der Waals surface area contributed by atoms with E-state index in [1.807, 2.05) is 44.4 Å². The van der Waals surface area contributed by atoms with Crippen molar-refractivity contribution in [2.24, 2.45) is 0 Å². The fraction of sp³-hybridized carbons (Fsp3) is 0.308. The van der Waals surface area contributed by atoms with Crippen LogP contribution >= 0.6 is 0 Å². The molecule has 0 spiro atoms. The van der Waals surface area contributed by atoms with Gasteiger partial charge in [0, 0.05) is 18.1 Å². The molecule has 0 bridgehead atoms. The van der Waals surface area contributed by atoms with E-state index >= 15 is 0 Å². The molecular weight excluding hydrogens is 200 g/mol. The summed E-state index contributed by atoms with van der Waals surface area (Å²) in [5, 5.41) is 1.12. The third kappa shape index (κ3) is 2.49. The van der Waals surface area contributed by atoms with Crippen LogP contribution in [-0.2, 0) is 0 Å². The Morgan fingerprint density at radius 2 is 2.00 bits per heavy atom. The first-order valence-corrected chi connectivity index (χ1v) is 5.38. The van der Waals surface area contributed by atoms with Crippen LogP contribution < -0.4 is 4.74 Å². The molecule has 0 saturated carbocycles. The molecule has 0 saturated heterocycles. The highest BCUT2D eigenvalue weighted by molar-refractivity contribution is 5.84. The third-order valence-electron chi connectivity index (χ3n) is 2.39. The molecule has 0 unspecified atom stereocenters. The number of benzene rings is 1. The van der Waals surface area contributed by atoms with Gasteiger partial charge in [0.1, 0.15) is 17.9 Å². The number of ether oxygens (including phenoxy) is 1. The largest absolute Gasteiger partial charge is 0.490 e. The van der Waals surface area contributed by atoms with Gasteiger partial charge in [-0.1, -0.05) is 18.2 Å². The van der Waals surface area contributed by atoms with Crippen molar-refractivity contribution in [3.05, 3.63) is 36.5 Å². The molecule has 1 aromatic heterocycles. The molecule has 0 amide bonds. The fourth-order valence-electron chi connectivity index (χ4n) is 1.53. The summed E-state index contributed by atoms with van der Waals surface area (Å²) < 4.78 is 5.73. The number of hydrogen-bond acceptors (Lipinski definition) is 3. The van der Waals surface area contributed by atoms with Crippen LogP contribution in [0.3, 0.4) is 0 Å². The van der Waals surface area contributed by atoms with Gasteiger partial charge < -0.3 is 9.64 Å². The topological polar surface area (TPSA) is 25.4 Å². The van der Waals surface area contributed by atoms with Crippen molar-refractivity contribution in [3.63, 3.8) is 0 Å². The molecule has 1 aromatic carbocycles. The molecule has 84 valence electrons. The van der Waals surface area contributed by atoms with Crippen molar-refractivity contribution >= 4 is 10.9 Å². The van der Waals surface area contributed by atoms with Crippen molar-refractivity contribution in [3.8, 4) is 5.75 Å². The number of likely N-dealkylation sites (N-methyl/N-ethyl adjacent to an activating group) is 1. The Labute approximate surface area is 95.7 Å². The van der Waals surface area contributed by atoms with Crippen LogP contribution in [0.4, 0.5) is 0 Å². The summed E-state index contributed by atoms with van der Waals surface area (Å²) in [7, 11) is 4.06. The van der Waals surface area contributed by atoms with E-state index in [0.29, 0.717) is 6.61 Å². The van der Waals surface area contributed by atoms with E-state index in [0.717, 1.165) is 23.2 Å². The molecule has 3 heteroatoms. The van der Waals surface area contributed by atoms with Crippen LogP contribution in [0.1, 0.15) is 0 Å². The van der Waals surface area contributed by atoms with Gasteiger partial charge in [-0.2, -0.15) is 0 Å². The summed E-state index contributed by atoms with van der Waals surface area (Å²) in [4.78, 5) is 6.44. The van der Waals surface area contributed by atoms with Crippen molar-refractivity contribution in [2.45, 2.75) is 0 Å². The zero-order chi connectivity index (χ0) is 11.4. The highest BCUT2D eigenvalue weighted by Crippen LogP contribution is 2.22. The van der Waals surface area contributed by atoms with Gasteiger partial charge in [0.2, 0.25) is 0 Å². The second-order valence-corrected chi connectivity index (χ2v) is 3.98. The van der Waals surface area contributed by atoms with E-state index in [9.17, 15) is 0 Å². The molecule has 0 N–H and O–H groups in total. The van der Waals surface area contributed by atoms with Crippen LogP contribution in [-0.4, -0.2) is 37.1 Å². The zero-order valence-corrected chi connectivity index (χ0v) is 9.68. The number of pyridine rings is 1. The first kappa shape index (κ1) is 10.9. The summed E-state index contributed by atoms with van der Waals surface area (Å²) in [5.41, 5.74) is 0.934. The monoisotopic (exact) mass is 216 g/mol. The summed E-state index contributed by atoms with van der Waals surface area (Å²) >= 11 is 0. The van der Waals surface area contributed by atoms with Gasteiger partial charge in [-0.3, -0.25) is 4.98 Å². The molecule has 0 atom stereocenters. The fourth-order valence-corrected chi connectivity index (χ4v) is 1.53. The van der Waals surface area contributed by atoms with Gasteiger partial charge in [-0.15, -0.1) is 0 Å². The van der Waals surface area contributed by atoms with Gasteiger partial charge in [0.25, 0.3) is 0 Å². The van der Waals surface area contributed by atoms with Crippen molar-refractivity contribution in [1.29, 1.82) is 0 Å². The minimum Gasteiger partial charge on any atom is -0.490 e. The first-order chi connectivity index (χ1) is 7.77. The second-order valence-electron chi connectivity index (χ2n) is 3.98. The summed E-state index contributed by atoms with van der Waals surface area (Å²) in [5.74, 6) is 0.861. The van der Waals surface area contributed by atoms with Crippen molar-refractivity contribution in [2.75, 3.05) is 27.2 Å². The van der Waals surface area contributed by atoms with Gasteiger partial charge in [0.15, 0.2) is 0 Å². The number of fused-ring (bicyclic) bond motifs is 1. The summed E-state index contributed by atoms with van der Waals surface area (Å²) in [6.07, 6.45) is 1.79. The van der Waals surface area contributed by atoms with Gasteiger partial charge in [-0.05, 0) is 26.2 Å². The van der Waals surface area contributed by atoms with E-state index in [4.69, 9.17) is 4.74 Å². The highest BCUT2D eigenvalue weighted by Gasteiger charge is 2.02. The molecule has 1 heterocycles.